The van der Waals surface area contributed by atoms with Gasteiger partial charge in [0.2, 0.25) is 10.0 Å². The van der Waals surface area contributed by atoms with Gasteiger partial charge >= 0.3 is 0 Å². The van der Waals surface area contributed by atoms with Gasteiger partial charge in [-0.15, -0.1) is 0 Å². The lowest BCUT2D eigenvalue weighted by Gasteiger charge is -2.22. The molecule has 2 N–H and O–H groups in total. The fourth-order valence-corrected chi connectivity index (χ4v) is 3.78. The molecule has 1 saturated heterocycles. The second-order valence-corrected chi connectivity index (χ2v) is 7.37. The number of nitrogens with one attached hydrogen (secondary N) is 2. The lowest BCUT2D eigenvalue weighted by molar-refractivity contribution is -0.385. The molecule has 1 aliphatic rings. The summed E-state index contributed by atoms with van der Waals surface area (Å²) in [5.74, 6) is 0.495. The summed E-state index contributed by atoms with van der Waals surface area (Å²) in [6.07, 6.45) is 3.03. The zero-order valence-electron chi connectivity index (χ0n) is 12.5. The number of nitro benzene ring substituents is 1. The summed E-state index contributed by atoms with van der Waals surface area (Å²) in [7, 11) is -3.62. The molecule has 0 aliphatic carbocycles. The maximum atomic E-state index is 12.2. The molecule has 1 atom stereocenters. The number of rotatable bonds is 6. The van der Waals surface area contributed by atoms with Crippen molar-refractivity contribution in [3.63, 3.8) is 0 Å². The van der Waals surface area contributed by atoms with E-state index < -0.39 is 14.9 Å². The summed E-state index contributed by atoms with van der Waals surface area (Å²) < 4.78 is 27.0. The van der Waals surface area contributed by atoms with Crippen molar-refractivity contribution in [3.8, 4) is 0 Å². The van der Waals surface area contributed by atoms with Crippen molar-refractivity contribution >= 4 is 15.7 Å². The molecule has 0 saturated carbocycles. The summed E-state index contributed by atoms with van der Waals surface area (Å²) in [6, 6.07) is 3.84. The molecule has 1 heterocycles. The predicted molar refractivity (Wildman–Crippen MR) is 83.2 cm³/mol. The fourth-order valence-electron chi connectivity index (χ4n) is 2.65. The fraction of sp³-hybridized carbons (Fsp3) is 0.571. The van der Waals surface area contributed by atoms with E-state index in [0.29, 0.717) is 18.0 Å². The molecule has 1 aliphatic heterocycles. The third-order valence-corrected chi connectivity index (χ3v) is 5.38. The van der Waals surface area contributed by atoms with Crippen LogP contribution in [0.1, 0.15) is 24.8 Å². The molecule has 0 radical (unpaired) electrons. The molecular formula is C14H21N3O4S. The average molecular weight is 327 g/mol. The topological polar surface area (TPSA) is 101 Å². The number of piperidine rings is 1. The highest BCUT2D eigenvalue weighted by atomic mass is 32.2. The number of benzene rings is 1. The molecule has 7 nitrogen and oxygen atoms in total. The Morgan fingerprint density at radius 2 is 2.23 bits per heavy atom. The van der Waals surface area contributed by atoms with Crippen LogP contribution >= 0.6 is 0 Å². The van der Waals surface area contributed by atoms with Crippen molar-refractivity contribution in [2.45, 2.75) is 31.1 Å². The second-order valence-electron chi connectivity index (χ2n) is 5.60. The Hall–Kier alpha value is -1.51. The number of hydrogen-bond donors (Lipinski definition) is 2. The molecule has 8 heteroatoms. The Kier molecular flexibility index (Phi) is 5.49. The largest absolute Gasteiger partial charge is 0.316 e. The normalized spacial score (nSPS) is 19.0. The van der Waals surface area contributed by atoms with Crippen molar-refractivity contribution in [2.75, 3.05) is 19.6 Å². The Bertz CT molecular complexity index is 639. The molecule has 1 fully saturated rings. The highest BCUT2D eigenvalue weighted by molar-refractivity contribution is 7.89. The minimum Gasteiger partial charge on any atom is -0.316 e. The van der Waals surface area contributed by atoms with Crippen LogP contribution in [0.15, 0.2) is 23.1 Å². The highest BCUT2D eigenvalue weighted by Crippen LogP contribution is 2.21. The first-order valence-corrected chi connectivity index (χ1v) is 8.84. The molecule has 1 unspecified atom stereocenters. The van der Waals surface area contributed by atoms with Crippen molar-refractivity contribution in [2.24, 2.45) is 5.92 Å². The summed E-state index contributed by atoms with van der Waals surface area (Å²) in [4.78, 5) is 10.3. The Morgan fingerprint density at radius 1 is 1.45 bits per heavy atom. The molecule has 122 valence electrons. The van der Waals surface area contributed by atoms with Crippen LogP contribution in [0.5, 0.6) is 0 Å². The molecule has 0 amide bonds. The average Bonchev–Trinajstić information content (AvgIpc) is 2.47. The van der Waals surface area contributed by atoms with E-state index in [1.54, 1.807) is 0 Å². The van der Waals surface area contributed by atoms with E-state index in [4.69, 9.17) is 0 Å². The number of aryl methyl sites for hydroxylation is 1. The van der Waals surface area contributed by atoms with Gasteiger partial charge in [0, 0.05) is 18.2 Å². The van der Waals surface area contributed by atoms with Crippen LogP contribution < -0.4 is 10.0 Å². The van der Waals surface area contributed by atoms with Crippen LogP contribution in [0.2, 0.25) is 0 Å². The van der Waals surface area contributed by atoms with Crippen LogP contribution in [-0.2, 0) is 10.0 Å². The minimum atomic E-state index is -3.62. The molecule has 22 heavy (non-hydrogen) atoms. The Labute approximate surface area is 130 Å². The van der Waals surface area contributed by atoms with E-state index in [9.17, 15) is 18.5 Å². The van der Waals surface area contributed by atoms with E-state index in [0.717, 1.165) is 32.4 Å². The smallest absolute Gasteiger partial charge is 0.272 e. The quantitative estimate of drug-likeness (QED) is 0.610. The van der Waals surface area contributed by atoms with E-state index in [1.807, 2.05) is 0 Å². The van der Waals surface area contributed by atoms with Crippen LogP contribution in [-0.4, -0.2) is 33.0 Å². The number of nitro groups is 1. The number of nitrogens with zero attached hydrogens (tertiary/aromatic N) is 1. The van der Waals surface area contributed by atoms with Gasteiger partial charge in [0.1, 0.15) is 0 Å². The van der Waals surface area contributed by atoms with Crippen molar-refractivity contribution in [3.05, 3.63) is 33.9 Å². The van der Waals surface area contributed by atoms with Gasteiger partial charge in [-0.25, -0.2) is 13.1 Å². The third kappa shape index (κ3) is 4.25. The Balaban J connectivity index is 1.97. The highest BCUT2D eigenvalue weighted by Gasteiger charge is 2.19. The Morgan fingerprint density at radius 3 is 2.82 bits per heavy atom. The van der Waals surface area contributed by atoms with Crippen LogP contribution in [0.3, 0.4) is 0 Å². The van der Waals surface area contributed by atoms with Gasteiger partial charge in [0.05, 0.1) is 9.82 Å². The molecule has 0 spiro atoms. The zero-order valence-corrected chi connectivity index (χ0v) is 13.4. The maximum absolute atomic E-state index is 12.2. The van der Waals surface area contributed by atoms with Crippen LogP contribution in [0.25, 0.3) is 0 Å². The van der Waals surface area contributed by atoms with E-state index in [-0.39, 0.29) is 10.6 Å². The summed E-state index contributed by atoms with van der Waals surface area (Å²) in [5.41, 5.74) is 0.261. The van der Waals surface area contributed by atoms with E-state index in [1.165, 1.54) is 25.1 Å². The zero-order chi connectivity index (χ0) is 16.2. The van der Waals surface area contributed by atoms with Crippen LogP contribution in [0.4, 0.5) is 5.69 Å². The number of sulfonamides is 1. The first kappa shape index (κ1) is 16.9. The van der Waals surface area contributed by atoms with Gasteiger partial charge in [0.25, 0.3) is 5.69 Å². The molecule has 2 rings (SSSR count). The summed E-state index contributed by atoms with van der Waals surface area (Å²) in [5, 5.41) is 14.1. The van der Waals surface area contributed by atoms with Gasteiger partial charge in [-0.05, 0) is 57.3 Å². The molecule has 1 aromatic carbocycles. The standard InChI is InChI=1S/C14H21N3O4S/c1-11-9-13(4-5-14(11)17(18)19)22(20,21)16-8-6-12-3-2-7-15-10-12/h4-5,9,12,15-16H,2-3,6-8,10H2,1H3. The first-order chi connectivity index (χ1) is 10.4. The van der Waals surface area contributed by atoms with Crippen molar-refractivity contribution in [1.29, 1.82) is 0 Å². The van der Waals surface area contributed by atoms with Gasteiger partial charge in [-0.3, -0.25) is 10.1 Å². The lowest BCUT2D eigenvalue weighted by atomic mass is 9.96. The number of hydrogen-bond acceptors (Lipinski definition) is 5. The van der Waals surface area contributed by atoms with Gasteiger partial charge in [-0.2, -0.15) is 0 Å². The maximum Gasteiger partial charge on any atom is 0.272 e. The van der Waals surface area contributed by atoms with E-state index >= 15 is 0 Å². The molecule has 0 bridgehead atoms. The summed E-state index contributed by atoms with van der Waals surface area (Å²) >= 11 is 0. The van der Waals surface area contributed by atoms with E-state index in [2.05, 4.69) is 10.0 Å². The lowest BCUT2D eigenvalue weighted by Crippen LogP contribution is -2.33. The molecule has 1 aromatic rings. The molecule has 0 aromatic heterocycles. The minimum absolute atomic E-state index is 0.0670. The predicted octanol–water partition coefficient (Wildman–Crippen LogP) is 1.57. The van der Waals surface area contributed by atoms with Crippen LogP contribution in [0, 0.1) is 23.0 Å². The summed E-state index contributed by atoms with van der Waals surface area (Å²) in [6.45, 7) is 3.87. The monoisotopic (exact) mass is 327 g/mol. The SMILES string of the molecule is Cc1cc(S(=O)(=O)NCCC2CCCNC2)ccc1[N+](=O)[O-]. The molecular weight excluding hydrogens is 306 g/mol. The second kappa shape index (κ2) is 7.17. The van der Waals surface area contributed by atoms with Crippen molar-refractivity contribution < 1.29 is 13.3 Å². The van der Waals surface area contributed by atoms with Gasteiger partial charge < -0.3 is 5.32 Å². The van der Waals surface area contributed by atoms with Gasteiger partial charge in [-0.1, -0.05) is 0 Å². The third-order valence-electron chi connectivity index (χ3n) is 3.92. The van der Waals surface area contributed by atoms with Crippen molar-refractivity contribution in [1.82, 2.24) is 10.0 Å². The first-order valence-electron chi connectivity index (χ1n) is 7.35. The van der Waals surface area contributed by atoms with Gasteiger partial charge in [0.15, 0.2) is 0 Å².